The molecule has 0 N–H and O–H groups in total. The number of ether oxygens (including phenoxy) is 1. The maximum Gasteiger partial charge on any atom is 0.355 e. The number of benzene rings is 3. The number of nitrogens with zero attached hydrogens (tertiary/aromatic N) is 3. The Bertz CT molecular complexity index is 1430. The Labute approximate surface area is 195 Å². The summed E-state index contributed by atoms with van der Waals surface area (Å²) >= 11 is 0. The SMILES string of the molecule is COC(=O)C1=NN2C(c3ccccc3)=Cc3ccc(F)cc3[C@H]2[C@]12C(=O)N(C)c1ccccc12. The van der Waals surface area contributed by atoms with Crippen molar-refractivity contribution in [2.24, 2.45) is 5.10 Å². The van der Waals surface area contributed by atoms with Crippen LogP contribution in [0.25, 0.3) is 11.8 Å². The molecule has 3 aliphatic rings. The number of methoxy groups -OCH3 is 1. The predicted molar refractivity (Wildman–Crippen MR) is 126 cm³/mol. The molecule has 0 saturated carbocycles. The van der Waals surface area contributed by atoms with Crippen molar-refractivity contribution in [1.29, 1.82) is 0 Å². The number of rotatable bonds is 2. The summed E-state index contributed by atoms with van der Waals surface area (Å²) in [5.74, 6) is -1.43. The molecule has 0 unspecified atom stereocenters. The molecule has 2 atom stereocenters. The van der Waals surface area contributed by atoms with Crippen LogP contribution >= 0.6 is 0 Å². The molecule has 0 radical (unpaired) electrons. The lowest BCUT2D eigenvalue weighted by molar-refractivity contribution is -0.134. The quantitative estimate of drug-likeness (QED) is 0.548. The van der Waals surface area contributed by atoms with Crippen molar-refractivity contribution in [1.82, 2.24) is 5.01 Å². The Kier molecular flexibility index (Phi) is 4.26. The van der Waals surface area contributed by atoms with Crippen molar-refractivity contribution in [2.45, 2.75) is 11.5 Å². The van der Waals surface area contributed by atoms with E-state index in [1.165, 1.54) is 24.1 Å². The molecule has 6 nitrogen and oxygen atoms in total. The van der Waals surface area contributed by atoms with Crippen LogP contribution < -0.4 is 4.90 Å². The smallest absolute Gasteiger partial charge is 0.355 e. The average molecular weight is 453 g/mol. The number of hydrogen-bond donors (Lipinski definition) is 0. The molecule has 1 amide bonds. The zero-order valence-electron chi connectivity index (χ0n) is 18.5. The van der Waals surface area contributed by atoms with Crippen LogP contribution in [-0.2, 0) is 19.7 Å². The van der Waals surface area contributed by atoms with Gasteiger partial charge in [-0.05, 0) is 41.0 Å². The number of hydrazone groups is 1. The molecule has 1 spiro atoms. The van der Waals surface area contributed by atoms with Crippen LogP contribution in [0.1, 0.15) is 28.3 Å². The van der Waals surface area contributed by atoms with Gasteiger partial charge in [0.1, 0.15) is 11.9 Å². The van der Waals surface area contributed by atoms with E-state index in [9.17, 15) is 14.0 Å². The van der Waals surface area contributed by atoms with Gasteiger partial charge in [0.2, 0.25) is 5.91 Å². The van der Waals surface area contributed by atoms with Crippen LogP contribution in [-0.4, -0.2) is 36.8 Å². The first-order valence-corrected chi connectivity index (χ1v) is 10.9. The van der Waals surface area contributed by atoms with E-state index in [0.29, 0.717) is 22.5 Å². The lowest BCUT2D eigenvalue weighted by atomic mass is 9.68. The van der Waals surface area contributed by atoms with Crippen LogP contribution in [0.2, 0.25) is 0 Å². The predicted octanol–water partition coefficient (Wildman–Crippen LogP) is 4.14. The topological polar surface area (TPSA) is 62.2 Å². The minimum absolute atomic E-state index is 0.0132. The normalized spacial score (nSPS) is 22.2. The second-order valence-electron chi connectivity index (χ2n) is 8.55. The maximum absolute atomic E-state index is 14.6. The summed E-state index contributed by atoms with van der Waals surface area (Å²) in [4.78, 5) is 28.8. The second kappa shape index (κ2) is 7.12. The highest BCUT2D eigenvalue weighted by molar-refractivity contribution is 6.48. The van der Waals surface area contributed by atoms with E-state index in [4.69, 9.17) is 9.84 Å². The molecule has 0 bridgehead atoms. The summed E-state index contributed by atoms with van der Waals surface area (Å²) in [7, 11) is 2.95. The summed E-state index contributed by atoms with van der Waals surface area (Å²) in [6, 6.07) is 20.7. The number of anilines is 1. The van der Waals surface area contributed by atoms with Crippen molar-refractivity contribution in [3.8, 4) is 0 Å². The van der Waals surface area contributed by atoms with Crippen molar-refractivity contribution in [2.75, 3.05) is 19.1 Å². The number of amides is 1. The molecule has 3 aliphatic heterocycles. The third-order valence-corrected chi connectivity index (χ3v) is 6.90. The van der Waals surface area contributed by atoms with Crippen LogP contribution in [0.4, 0.5) is 10.1 Å². The minimum Gasteiger partial charge on any atom is -0.464 e. The third-order valence-electron chi connectivity index (χ3n) is 6.90. The van der Waals surface area contributed by atoms with Crippen LogP contribution in [0.3, 0.4) is 0 Å². The Hall–Kier alpha value is -4.26. The van der Waals surface area contributed by atoms with Gasteiger partial charge in [-0.1, -0.05) is 54.6 Å². The number of esters is 1. The van der Waals surface area contributed by atoms with Crippen molar-refractivity contribution in [3.63, 3.8) is 0 Å². The van der Waals surface area contributed by atoms with Gasteiger partial charge in [-0.25, -0.2) is 9.18 Å². The molecule has 0 aliphatic carbocycles. The van der Waals surface area contributed by atoms with Gasteiger partial charge >= 0.3 is 5.97 Å². The standard InChI is InChI=1S/C27H20FN3O3/c1-30-21-11-7-6-10-20(21)27(26(30)33)23(25(32)34-2)29-31-22(16-8-4-3-5-9-16)14-17-12-13-18(28)15-19(17)24(27)31/h3-15,24H,1-2H3/t24-,27+/m0/s1. The number of carbonyl (C=O) groups excluding carboxylic acids is 2. The molecular formula is C27H20FN3O3. The number of likely N-dealkylation sites (N-methyl/N-ethyl adjacent to an activating group) is 1. The van der Waals surface area contributed by atoms with Crippen LogP contribution in [0.15, 0.2) is 77.9 Å². The molecule has 34 heavy (non-hydrogen) atoms. The highest BCUT2D eigenvalue weighted by Gasteiger charge is 2.67. The number of fused-ring (bicyclic) bond motifs is 6. The van der Waals surface area contributed by atoms with E-state index in [2.05, 4.69) is 0 Å². The van der Waals surface area contributed by atoms with Gasteiger partial charge in [-0.3, -0.25) is 9.80 Å². The molecule has 3 heterocycles. The zero-order chi connectivity index (χ0) is 23.6. The Morgan fingerprint density at radius 3 is 2.56 bits per heavy atom. The summed E-state index contributed by atoms with van der Waals surface area (Å²) < 4.78 is 19.7. The van der Waals surface area contributed by atoms with Crippen molar-refractivity contribution < 1.29 is 18.7 Å². The fraction of sp³-hybridized carbons (Fsp3) is 0.148. The van der Waals surface area contributed by atoms with E-state index in [0.717, 1.165) is 11.1 Å². The van der Waals surface area contributed by atoms with Crippen molar-refractivity contribution in [3.05, 3.63) is 101 Å². The number of carbonyl (C=O) groups is 2. The van der Waals surface area contributed by atoms with E-state index >= 15 is 0 Å². The van der Waals surface area contributed by atoms with Gasteiger partial charge in [0.05, 0.1) is 12.8 Å². The van der Waals surface area contributed by atoms with Gasteiger partial charge in [0.25, 0.3) is 0 Å². The third kappa shape index (κ3) is 2.46. The largest absolute Gasteiger partial charge is 0.464 e. The molecule has 7 heteroatoms. The Morgan fingerprint density at radius 2 is 1.79 bits per heavy atom. The second-order valence-corrected chi connectivity index (χ2v) is 8.55. The fourth-order valence-corrected chi connectivity index (χ4v) is 5.45. The van der Waals surface area contributed by atoms with E-state index < -0.39 is 23.2 Å². The van der Waals surface area contributed by atoms with Gasteiger partial charge < -0.3 is 9.64 Å². The van der Waals surface area contributed by atoms with Gasteiger partial charge in [-0.15, -0.1) is 0 Å². The molecule has 3 aromatic rings. The summed E-state index contributed by atoms with van der Waals surface area (Å²) in [6.07, 6.45) is 1.91. The van der Waals surface area contributed by atoms with Gasteiger partial charge in [0.15, 0.2) is 11.1 Å². The van der Waals surface area contributed by atoms with E-state index in [1.807, 2.05) is 60.7 Å². The maximum atomic E-state index is 14.6. The van der Waals surface area contributed by atoms with Gasteiger partial charge in [-0.2, -0.15) is 5.10 Å². The molecule has 6 rings (SSSR count). The highest BCUT2D eigenvalue weighted by Crippen LogP contribution is 2.58. The van der Waals surface area contributed by atoms with Crippen LogP contribution in [0, 0.1) is 5.82 Å². The first-order valence-electron chi connectivity index (χ1n) is 10.9. The van der Waals surface area contributed by atoms with E-state index in [1.54, 1.807) is 18.1 Å². The lowest BCUT2D eigenvalue weighted by Crippen LogP contribution is -2.51. The van der Waals surface area contributed by atoms with Crippen molar-refractivity contribution >= 4 is 35.0 Å². The molecule has 168 valence electrons. The summed E-state index contributed by atoms with van der Waals surface area (Å²) in [5.41, 5.74) is 2.74. The number of hydrogen-bond acceptors (Lipinski definition) is 5. The Balaban J connectivity index is 1.71. The molecule has 0 saturated heterocycles. The van der Waals surface area contributed by atoms with Crippen LogP contribution in [0.5, 0.6) is 0 Å². The monoisotopic (exact) mass is 453 g/mol. The molecule has 0 fully saturated rings. The zero-order valence-corrected chi connectivity index (χ0v) is 18.5. The average Bonchev–Trinajstić information content (AvgIpc) is 3.34. The first-order chi connectivity index (χ1) is 16.5. The number of halogens is 1. The molecule has 0 aromatic heterocycles. The van der Waals surface area contributed by atoms with Gasteiger partial charge in [0, 0.05) is 18.3 Å². The van der Waals surface area contributed by atoms with E-state index in [-0.39, 0.29) is 11.6 Å². The summed E-state index contributed by atoms with van der Waals surface area (Å²) in [6.45, 7) is 0. The first kappa shape index (κ1) is 20.4. The lowest BCUT2D eigenvalue weighted by Gasteiger charge is -2.39. The minimum atomic E-state index is -1.49. The molecular weight excluding hydrogens is 433 g/mol. The summed E-state index contributed by atoms with van der Waals surface area (Å²) in [5, 5.41) is 6.40. The fourth-order valence-electron chi connectivity index (χ4n) is 5.45. The highest BCUT2D eigenvalue weighted by atomic mass is 19.1. The Morgan fingerprint density at radius 1 is 1.06 bits per heavy atom. The number of para-hydroxylation sites is 1. The molecule has 3 aromatic carbocycles.